The van der Waals surface area contributed by atoms with Crippen LogP contribution in [-0.4, -0.2) is 86.2 Å². The van der Waals surface area contributed by atoms with Crippen LogP contribution in [0.5, 0.6) is 0 Å². The van der Waals surface area contributed by atoms with Crippen LogP contribution in [-0.2, 0) is 22.0 Å². The number of ether oxygens (including phenoxy) is 1. The van der Waals surface area contributed by atoms with E-state index in [1.165, 1.54) is 12.0 Å². The number of likely N-dealkylation sites (N-methyl/N-ethyl adjacent to an activating group) is 1. The molecule has 0 aliphatic heterocycles. The fourth-order valence-corrected chi connectivity index (χ4v) is 4.81. The van der Waals surface area contributed by atoms with Crippen molar-refractivity contribution in [2.24, 2.45) is 5.73 Å². The number of non-ortho nitro benzene ring substituents is 1. The van der Waals surface area contributed by atoms with Gasteiger partial charge in [-0.25, -0.2) is 9.07 Å². The Balaban J connectivity index is 2.05. The zero-order valence-electron chi connectivity index (χ0n) is 23.5. The Labute approximate surface area is 257 Å². The molecule has 0 saturated heterocycles. The average Bonchev–Trinajstić information content (AvgIpc) is 3.41. The lowest BCUT2D eigenvalue weighted by atomic mass is 10.0. The Morgan fingerprint density at radius 3 is 2.39 bits per heavy atom. The normalized spacial score (nSPS) is 12.3. The highest BCUT2D eigenvalue weighted by atomic mass is 32.2. The quantitative estimate of drug-likeness (QED) is 0.147. The second-order valence-corrected chi connectivity index (χ2v) is 10.4. The molecule has 250 valence electrons. The zero-order chi connectivity index (χ0) is 34.6. The summed E-state index contributed by atoms with van der Waals surface area (Å²) in [4.78, 5) is 39.5. The Morgan fingerprint density at radius 1 is 1.15 bits per heavy atom. The Bertz CT molecular complexity index is 1620. The van der Waals surface area contributed by atoms with Crippen molar-refractivity contribution in [3.63, 3.8) is 0 Å². The third-order valence-electron chi connectivity index (χ3n) is 6.27. The monoisotopic (exact) mass is 686 g/mol. The molecule has 2 N–H and O–H groups in total. The summed E-state index contributed by atoms with van der Waals surface area (Å²) in [7, 11) is 3.02. The number of aryl methyl sites for hydroxylation is 1. The molecule has 0 unspecified atom stereocenters. The smallest absolute Gasteiger partial charge is 0.383 e. The first-order chi connectivity index (χ1) is 21.3. The molecule has 0 saturated carbocycles. The van der Waals surface area contributed by atoms with Gasteiger partial charge in [-0.15, -0.1) is 5.10 Å². The summed E-state index contributed by atoms with van der Waals surface area (Å²) in [5.74, 6) is -16.0. The molecule has 0 bridgehead atoms. The van der Waals surface area contributed by atoms with Crippen LogP contribution in [0.15, 0.2) is 34.4 Å². The number of benzene rings is 1. The zero-order valence-corrected chi connectivity index (χ0v) is 24.3. The average molecular weight is 687 g/mol. The molecular formula is C24H22F8N8O5S. The molecule has 0 radical (unpaired) electrons. The van der Waals surface area contributed by atoms with E-state index < -0.39 is 67.6 Å². The standard InChI is InChI=1S/C24H22F8N8O5S/c1-38(6-7-45-2)17(41)4-3-5-39-21(35-36-37-39)46-19-14(9-13(40(43)44)10-15(19)20(33)42)18-16(25)8-12(11-34-18)22(26,27)23(28,29)24(30,31)32/h8-11H,3-7H2,1-2H3,(H2,33,42). The van der Waals surface area contributed by atoms with Gasteiger partial charge in [-0.05, 0) is 34.7 Å². The van der Waals surface area contributed by atoms with Gasteiger partial charge in [0, 0.05) is 68.0 Å². The van der Waals surface area contributed by atoms with Crippen LogP contribution in [0.4, 0.5) is 40.8 Å². The first kappa shape index (κ1) is 36.0. The van der Waals surface area contributed by atoms with E-state index in [-0.39, 0.29) is 42.7 Å². The highest BCUT2D eigenvalue weighted by molar-refractivity contribution is 7.99. The van der Waals surface area contributed by atoms with E-state index in [1.54, 1.807) is 7.05 Å². The Hall–Kier alpha value is -4.47. The number of nitrogens with zero attached hydrogens (tertiary/aromatic N) is 7. The third kappa shape index (κ3) is 7.49. The predicted octanol–water partition coefficient (Wildman–Crippen LogP) is 4.21. The second-order valence-electron chi connectivity index (χ2n) is 9.39. The third-order valence-corrected chi connectivity index (χ3v) is 7.39. The lowest BCUT2D eigenvalue weighted by Gasteiger charge is -2.28. The topological polar surface area (TPSA) is 172 Å². The molecule has 3 aromatic rings. The number of nitro groups is 1. The number of carbonyl (C=O) groups is 2. The van der Waals surface area contributed by atoms with Crippen molar-refractivity contribution in [2.75, 3.05) is 27.3 Å². The molecule has 13 nitrogen and oxygen atoms in total. The number of halogens is 8. The number of primary amides is 1. The number of amides is 2. The molecule has 0 aliphatic carbocycles. The molecule has 2 amide bonds. The maximum absolute atomic E-state index is 15.2. The molecule has 0 fully saturated rings. The Morgan fingerprint density at radius 2 is 1.83 bits per heavy atom. The highest BCUT2D eigenvalue weighted by Crippen LogP contribution is 2.52. The van der Waals surface area contributed by atoms with Crippen molar-refractivity contribution in [1.82, 2.24) is 30.1 Å². The molecular weight excluding hydrogens is 664 g/mol. The fourth-order valence-electron chi connectivity index (χ4n) is 3.78. The number of alkyl halides is 7. The number of nitrogens with two attached hydrogens (primary N) is 1. The van der Waals surface area contributed by atoms with Crippen molar-refractivity contribution in [2.45, 2.75) is 47.5 Å². The maximum Gasteiger partial charge on any atom is 0.460 e. The van der Waals surface area contributed by atoms with Crippen LogP contribution in [0.2, 0.25) is 0 Å². The van der Waals surface area contributed by atoms with E-state index in [1.807, 2.05) is 0 Å². The first-order valence-corrected chi connectivity index (χ1v) is 13.4. The number of pyridine rings is 1. The fraction of sp³-hybridized carbons (Fsp3) is 0.417. The number of rotatable bonds is 14. The van der Waals surface area contributed by atoms with Crippen LogP contribution in [0, 0.1) is 15.9 Å². The van der Waals surface area contributed by atoms with Crippen molar-refractivity contribution in [1.29, 1.82) is 0 Å². The number of tetrazole rings is 1. The molecule has 2 heterocycles. The first-order valence-electron chi connectivity index (χ1n) is 12.6. The summed E-state index contributed by atoms with van der Waals surface area (Å²) in [5.41, 5.74) is 0.0313. The van der Waals surface area contributed by atoms with Crippen molar-refractivity contribution >= 4 is 29.3 Å². The van der Waals surface area contributed by atoms with E-state index in [9.17, 15) is 50.4 Å². The van der Waals surface area contributed by atoms with Crippen LogP contribution in [0.1, 0.15) is 28.8 Å². The van der Waals surface area contributed by atoms with Crippen LogP contribution < -0.4 is 5.73 Å². The molecule has 3 rings (SSSR count). The van der Waals surface area contributed by atoms with Crippen molar-refractivity contribution in [3.05, 3.63) is 51.5 Å². The number of hydrogen-bond acceptors (Lipinski definition) is 10. The van der Waals surface area contributed by atoms with E-state index in [0.717, 1.165) is 4.68 Å². The van der Waals surface area contributed by atoms with Gasteiger partial charge in [0.05, 0.1) is 17.1 Å². The minimum atomic E-state index is -6.72. The van der Waals surface area contributed by atoms with Crippen LogP contribution >= 0.6 is 11.8 Å². The molecule has 2 aromatic heterocycles. The number of aromatic nitrogens is 5. The minimum absolute atomic E-state index is 0.0111. The molecule has 46 heavy (non-hydrogen) atoms. The summed E-state index contributed by atoms with van der Waals surface area (Å²) >= 11 is 0.488. The lowest BCUT2D eigenvalue weighted by Crippen LogP contribution is -2.50. The SMILES string of the molecule is COCCN(C)C(=O)CCCn1nnnc1Sc1c(C(N)=O)cc([N+](=O)[O-])cc1-c1ncc(C(F)(F)C(F)(F)C(F)(F)F)cc1F. The molecule has 22 heteroatoms. The summed E-state index contributed by atoms with van der Waals surface area (Å²) in [5, 5.41) is 22.4. The van der Waals surface area contributed by atoms with Gasteiger partial charge in [-0.1, -0.05) is 0 Å². The number of carbonyl (C=O) groups excluding carboxylic acids is 2. The number of nitro benzene ring substituents is 1. The molecule has 0 aliphatic rings. The molecule has 0 atom stereocenters. The minimum Gasteiger partial charge on any atom is -0.383 e. The van der Waals surface area contributed by atoms with Crippen LogP contribution in [0.3, 0.4) is 0 Å². The van der Waals surface area contributed by atoms with Gasteiger partial charge in [-0.2, -0.15) is 30.7 Å². The predicted molar refractivity (Wildman–Crippen MR) is 140 cm³/mol. The van der Waals surface area contributed by atoms with E-state index in [4.69, 9.17) is 10.5 Å². The van der Waals surface area contributed by atoms with Gasteiger partial charge in [-0.3, -0.25) is 24.7 Å². The van der Waals surface area contributed by atoms with Gasteiger partial charge in [0.1, 0.15) is 11.5 Å². The number of methoxy groups -OCH3 is 1. The highest BCUT2D eigenvalue weighted by Gasteiger charge is 2.73. The lowest BCUT2D eigenvalue weighted by molar-refractivity contribution is -0.384. The van der Waals surface area contributed by atoms with Gasteiger partial charge in [0.2, 0.25) is 17.0 Å². The summed E-state index contributed by atoms with van der Waals surface area (Å²) in [6, 6.07) is 0.996. The Kier molecular flexibility index (Phi) is 10.9. The van der Waals surface area contributed by atoms with E-state index in [0.29, 0.717) is 37.0 Å². The van der Waals surface area contributed by atoms with Crippen molar-refractivity contribution < 1.29 is 54.4 Å². The van der Waals surface area contributed by atoms with Gasteiger partial charge in [0.25, 0.3) is 5.69 Å². The maximum atomic E-state index is 15.2. The number of hydrogen-bond donors (Lipinski definition) is 1. The second kappa shape index (κ2) is 13.9. The summed E-state index contributed by atoms with van der Waals surface area (Å²) < 4.78 is 115. The van der Waals surface area contributed by atoms with Crippen LogP contribution in [0.25, 0.3) is 11.3 Å². The van der Waals surface area contributed by atoms with E-state index in [2.05, 4.69) is 20.5 Å². The molecule has 1 aromatic carbocycles. The largest absolute Gasteiger partial charge is 0.460 e. The summed E-state index contributed by atoms with van der Waals surface area (Å²) in [6.45, 7) is 0.641. The van der Waals surface area contributed by atoms with E-state index >= 15 is 4.39 Å². The van der Waals surface area contributed by atoms with Gasteiger partial charge >= 0.3 is 18.0 Å². The van der Waals surface area contributed by atoms with Crippen molar-refractivity contribution in [3.8, 4) is 11.3 Å². The van der Waals surface area contributed by atoms with Gasteiger partial charge < -0.3 is 15.4 Å². The molecule has 0 spiro atoms. The van der Waals surface area contributed by atoms with Gasteiger partial charge in [0.15, 0.2) is 0 Å². The summed E-state index contributed by atoms with van der Waals surface area (Å²) in [6.07, 6.45) is -6.65.